The molecule has 21 heavy (non-hydrogen) atoms. The Kier molecular flexibility index (Phi) is 6.16. The summed E-state index contributed by atoms with van der Waals surface area (Å²) in [4.78, 5) is 16.3. The van der Waals surface area contributed by atoms with E-state index in [2.05, 4.69) is 18.8 Å². The fourth-order valence-electron chi connectivity index (χ4n) is 2.22. The lowest BCUT2D eigenvalue weighted by molar-refractivity contribution is 0.0765. The third kappa shape index (κ3) is 4.26. The van der Waals surface area contributed by atoms with Crippen LogP contribution in [0, 0.1) is 18.8 Å². The second-order valence-electron chi connectivity index (χ2n) is 5.05. The fourth-order valence-corrected chi connectivity index (χ4v) is 4.41. The number of thioether (sulfide) groups is 1. The largest absolute Gasteiger partial charge is 0.395 e. The minimum Gasteiger partial charge on any atom is -0.395 e. The summed E-state index contributed by atoms with van der Waals surface area (Å²) >= 11 is 3.43. The molecule has 1 aliphatic rings. The Bertz CT molecular complexity index is 556. The van der Waals surface area contributed by atoms with Crippen LogP contribution >= 0.6 is 23.1 Å². The van der Waals surface area contributed by atoms with Gasteiger partial charge in [0.25, 0.3) is 5.91 Å². The van der Waals surface area contributed by atoms with E-state index < -0.39 is 0 Å². The number of aliphatic hydroxyl groups excluding tert-OH is 1. The van der Waals surface area contributed by atoms with E-state index in [0.29, 0.717) is 11.7 Å². The van der Waals surface area contributed by atoms with Gasteiger partial charge in [-0.1, -0.05) is 18.8 Å². The zero-order valence-electron chi connectivity index (χ0n) is 12.5. The first-order valence-corrected chi connectivity index (χ1v) is 9.13. The Labute approximate surface area is 134 Å². The van der Waals surface area contributed by atoms with Crippen LogP contribution in [0.5, 0.6) is 0 Å². The lowest BCUT2D eigenvalue weighted by Gasteiger charge is -2.31. The van der Waals surface area contributed by atoms with E-state index in [1.54, 1.807) is 0 Å². The number of rotatable bonds is 3. The van der Waals surface area contributed by atoms with E-state index in [0.717, 1.165) is 40.6 Å². The highest BCUT2D eigenvalue weighted by Crippen LogP contribution is 2.26. The number of aryl methyl sites for hydroxylation is 1. The Morgan fingerprint density at radius 1 is 1.57 bits per heavy atom. The van der Waals surface area contributed by atoms with Gasteiger partial charge < -0.3 is 10.0 Å². The van der Waals surface area contributed by atoms with Crippen LogP contribution in [0.2, 0.25) is 0 Å². The van der Waals surface area contributed by atoms with Crippen molar-refractivity contribution in [2.45, 2.75) is 31.9 Å². The minimum atomic E-state index is 0.0764. The summed E-state index contributed by atoms with van der Waals surface area (Å²) in [5.41, 5.74) is 1.05. The van der Waals surface area contributed by atoms with Crippen LogP contribution in [-0.2, 0) is 0 Å². The van der Waals surface area contributed by atoms with Gasteiger partial charge >= 0.3 is 0 Å². The number of aliphatic hydroxyl groups is 1. The number of amides is 1. The van der Waals surface area contributed by atoms with Crippen LogP contribution in [0.3, 0.4) is 0 Å². The van der Waals surface area contributed by atoms with Gasteiger partial charge in [0.15, 0.2) is 0 Å². The summed E-state index contributed by atoms with van der Waals surface area (Å²) in [6.45, 7) is 5.92. The second kappa shape index (κ2) is 7.88. The standard InChI is InChI=1S/C16H21NO2S2/c1-3-13-11-17(7-9-20-13)16(19)15-10-12(2)14(21-15)6-4-5-8-18/h10,13,18H,3,5,7-9,11H2,1-2H3. The number of thiophene rings is 1. The van der Waals surface area contributed by atoms with Gasteiger partial charge in [-0.3, -0.25) is 4.79 Å². The Hall–Kier alpha value is -0.960. The van der Waals surface area contributed by atoms with Crippen molar-refractivity contribution in [3.05, 3.63) is 21.4 Å². The Morgan fingerprint density at radius 2 is 2.38 bits per heavy atom. The van der Waals surface area contributed by atoms with Crippen molar-refractivity contribution in [3.8, 4) is 11.8 Å². The fraction of sp³-hybridized carbons (Fsp3) is 0.562. The average Bonchev–Trinajstić information content (AvgIpc) is 2.88. The topological polar surface area (TPSA) is 40.5 Å². The molecule has 0 spiro atoms. The van der Waals surface area contributed by atoms with Crippen LogP contribution in [0.4, 0.5) is 0 Å². The summed E-state index contributed by atoms with van der Waals surface area (Å²) in [6.07, 6.45) is 1.58. The van der Waals surface area contributed by atoms with Gasteiger partial charge in [0.05, 0.1) is 16.4 Å². The maximum Gasteiger partial charge on any atom is 0.264 e. The normalized spacial score (nSPS) is 18.2. The number of carbonyl (C=O) groups excluding carboxylic acids is 1. The van der Waals surface area contributed by atoms with E-state index >= 15 is 0 Å². The number of carbonyl (C=O) groups is 1. The van der Waals surface area contributed by atoms with Gasteiger partial charge in [0, 0.05) is 30.5 Å². The molecule has 1 fully saturated rings. The molecule has 0 radical (unpaired) electrons. The first-order valence-electron chi connectivity index (χ1n) is 7.26. The molecule has 1 aromatic rings. The van der Waals surface area contributed by atoms with Crippen molar-refractivity contribution in [2.75, 3.05) is 25.4 Å². The van der Waals surface area contributed by atoms with E-state index in [1.807, 2.05) is 29.7 Å². The number of hydrogen-bond acceptors (Lipinski definition) is 4. The SMILES string of the molecule is CCC1CN(C(=O)c2cc(C)c(C#CCCO)s2)CCS1. The molecular formula is C16H21NO2S2. The third-order valence-corrected chi connectivity index (χ3v) is 5.96. The van der Waals surface area contributed by atoms with Gasteiger partial charge in [-0.05, 0) is 25.0 Å². The number of hydrogen-bond donors (Lipinski definition) is 1. The highest BCUT2D eigenvalue weighted by Gasteiger charge is 2.25. The average molecular weight is 323 g/mol. The predicted molar refractivity (Wildman–Crippen MR) is 90.1 cm³/mol. The Balaban J connectivity index is 2.09. The van der Waals surface area contributed by atoms with Gasteiger partial charge in [-0.2, -0.15) is 11.8 Å². The summed E-state index contributed by atoms with van der Waals surface area (Å²) in [7, 11) is 0. The van der Waals surface area contributed by atoms with Crippen molar-refractivity contribution < 1.29 is 9.90 Å². The van der Waals surface area contributed by atoms with Crippen LogP contribution in [-0.4, -0.2) is 46.6 Å². The molecule has 1 atom stereocenters. The van der Waals surface area contributed by atoms with Crippen LogP contribution in [0.25, 0.3) is 0 Å². The molecule has 5 heteroatoms. The van der Waals surface area contributed by atoms with E-state index in [1.165, 1.54) is 11.3 Å². The first kappa shape index (κ1) is 16.4. The van der Waals surface area contributed by atoms with Gasteiger partial charge in [-0.15, -0.1) is 11.3 Å². The highest BCUT2D eigenvalue weighted by atomic mass is 32.2. The molecule has 0 bridgehead atoms. The van der Waals surface area contributed by atoms with E-state index in [-0.39, 0.29) is 12.5 Å². The number of nitrogens with zero attached hydrogens (tertiary/aromatic N) is 1. The predicted octanol–water partition coefficient (Wildman–Crippen LogP) is 2.76. The maximum absolute atomic E-state index is 12.6. The smallest absolute Gasteiger partial charge is 0.264 e. The molecule has 2 heterocycles. The summed E-state index contributed by atoms with van der Waals surface area (Å²) in [5.74, 6) is 7.13. The molecule has 0 saturated carbocycles. The van der Waals surface area contributed by atoms with Crippen molar-refractivity contribution in [1.82, 2.24) is 4.90 Å². The zero-order chi connectivity index (χ0) is 15.2. The summed E-state index contributed by atoms with van der Waals surface area (Å²) in [6, 6.07) is 1.94. The molecule has 1 unspecified atom stereocenters. The molecule has 1 amide bonds. The molecule has 1 N–H and O–H groups in total. The first-order chi connectivity index (χ1) is 10.2. The van der Waals surface area contributed by atoms with Gasteiger partial charge in [-0.25, -0.2) is 0 Å². The minimum absolute atomic E-state index is 0.0764. The molecule has 3 nitrogen and oxygen atoms in total. The summed E-state index contributed by atoms with van der Waals surface area (Å²) < 4.78 is 0. The molecular weight excluding hydrogens is 302 g/mol. The van der Waals surface area contributed by atoms with Gasteiger partial charge in [0.1, 0.15) is 0 Å². The van der Waals surface area contributed by atoms with Crippen LogP contribution in [0.15, 0.2) is 6.07 Å². The molecule has 1 aliphatic heterocycles. The second-order valence-corrected chi connectivity index (χ2v) is 7.51. The van der Waals surface area contributed by atoms with Crippen LogP contribution < -0.4 is 0 Å². The third-order valence-electron chi connectivity index (χ3n) is 3.45. The lowest BCUT2D eigenvalue weighted by atomic mass is 10.2. The van der Waals surface area contributed by atoms with E-state index in [9.17, 15) is 4.79 Å². The van der Waals surface area contributed by atoms with Crippen molar-refractivity contribution >= 4 is 29.0 Å². The van der Waals surface area contributed by atoms with Crippen molar-refractivity contribution in [3.63, 3.8) is 0 Å². The quantitative estimate of drug-likeness (QED) is 0.870. The highest BCUT2D eigenvalue weighted by molar-refractivity contribution is 8.00. The summed E-state index contributed by atoms with van der Waals surface area (Å²) in [5, 5.41) is 9.33. The van der Waals surface area contributed by atoms with E-state index in [4.69, 9.17) is 5.11 Å². The van der Waals surface area contributed by atoms with Crippen LogP contribution in [0.1, 0.15) is 39.9 Å². The van der Waals surface area contributed by atoms with Crippen molar-refractivity contribution in [2.24, 2.45) is 0 Å². The molecule has 114 valence electrons. The maximum atomic E-state index is 12.6. The molecule has 1 aromatic heterocycles. The molecule has 0 aromatic carbocycles. The molecule has 0 aliphatic carbocycles. The monoisotopic (exact) mass is 323 g/mol. The molecule has 2 rings (SSSR count). The zero-order valence-corrected chi connectivity index (χ0v) is 14.1. The Morgan fingerprint density at radius 3 is 3.10 bits per heavy atom. The van der Waals surface area contributed by atoms with Crippen molar-refractivity contribution in [1.29, 1.82) is 0 Å². The lowest BCUT2D eigenvalue weighted by Crippen LogP contribution is -2.41. The van der Waals surface area contributed by atoms with Gasteiger partial charge in [0.2, 0.25) is 0 Å². The molecule has 1 saturated heterocycles.